The van der Waals surface area contributed by atoms with E-state index in [0.717, 1.165) is 28.9 Å². The summed E-state index contributed by atoms with van der Waals surface area (Å²) in [4.78, 5) is 19.6. The maximum absolute atomic E-state index is 12.2. The van der Waals surface area contributed by atoms with Crippen molar-refractivity contribution < 1.29 is 22.7 Å². The molecule has 12 heteroatoms. The van der Waals surface area contributed by atoms with Crippen LogP contribution in [-0.2, 0) is 19.5 Å². The Hall–Kier alpha value is -1.60. The van der Waals surface area contributed by atoms with Gasteiger partial charge in [0.2, 0.25) is 6.29 Å². The van der Waals surface area contributed by atoms with Crippen molar-refractivity contribution >= 4 is 43.7 Å². The standard InChI is InChI=1S/C10H10N4O5S3/c11-10-13-3-5(20-10)7(15)14-22(16,17)6-4-12-8(21-6)9-18-1-2-19-9/h3-4,9H,1-2H2,(H2,11,13)(H,14,15). The van der Waals surface area contributed by atoms with E-state index in [-0.39, 0.29) is 14.2 Å². The minimum atomic E-state index is -4.02. The summed E-state index contributed by atoms with van der Waals surface area (Å²) in [5.74, 6) is -0.794. The first-order chi connectivity index (χ1) is 10.5. The molecular formula is C10H10N4O5S3. The summed E-state index contributed by atoms with van der Waals surface area (Å²) in [6.45, 7) is 0.853. The fourth-order valence-electron chi connectivity index (χ4n) is 1.62. The number of thiazole rings is 2. The second-order valence-electron chi connectivity index (χ2n) is 4.09. The number of sulfonamides is 1. The third-order valence-electron chi connectivity index (χ3n) is 2.57. The van der Waals surface area contributed by atoms with Crippen LogP contribution < -0.4 is 10.5 Å². The van der Waals surface area contributed by atoms with Crippen LogP contribution in [0.2, 0.25) is 0 Å². The van der Waals surface area contributed by atoms with Gasteiger partial charge in [-0.25, -0.2) is 23.1 Å². The highest BCUT2D eigenvalue weighted by Gasteiger charge is 2.27. The van der Waals surface area contributed by atoms with Crippen LogP contribution >= 0.6 is 22.7 Å². The zero-order chi connectivity index (χ0) is 15.7. The van der Waals surface area contributed by atoms with Crippen LogP contribution in [0.3, 0.4) is 0 Å². The lowest BCUT2D eigenvalue weighted by molar-refractivity contribution is -0.0442. The Balaban J connectivity index is 1.76. The molecule has 1 fully saturated rings. The van der Waals surface area contributed by atoms with Crippen molar-refractivity contribution in [2.45, 2.75) is 10.5 Å². The first kappa shape index (κ1) is 15.3. The zero-order valence-corrected chi connectivity index (χ0v) is 13.3. The number of amides is 1. The smallest absolute Gasteiger partial charge is 0.276 e. The van der Waals surface area contributed by atoms with Gasteiger partial charge in [-0.05, 0) is 0 Å². The molecule has 0 aromatic carbocycles. The number of aromatic nitrogens is 2. The number of ether oxygens (including phenoxy) is 2. The van der Waals surface area contributed by atoms with Gasteiger partial charge < -0.3 is 15.2 Å². The molecule has 3 rings (SSSR count). The van der Waals surface area contributed by atoms with Crippen LogP contribution in [-0.4, -0.2) is 37.5 Å². The Morgan fingerprint density at radius 1 is 1.27 bits per heavy atom. The van der Waals surface area contributed by atoms with E-state index in [0.29, 0.717) is 18.2 Å². The predicted octanol–water partition coefficient (Wildman–Crippen LogP) is 0.346. The molecule has 22 heavy (non-hydrogen) atoms. The molecule has 0 atom stereocenters. The van der Waals surface area contributed by atoms with Gasteiger partial charge in [0.25, 0.3) is 15.9 Å². The maximum atomic E-state index is 12.2. The molecule has 2 aromatic heterocycles. The van der Waals surface area contributed by atoms with Gasteiger partial charge >= 0.3 is 0 Å². The number of carbonyl (C=O) groups is 1. The van der Waals surface area contributed by atoms with E-state index in [1.165, 1.54) is 6.20 Å². The highest BCUT2D eigenvalue weighted by atomic mass is 32.2. The Bertz CT molecular complexity index is 793. The van der Waals surface area contributed by atoms with Crippen molar-refractivity contribution in [3.05, 3.63) is 22.3 Å². The lowest BCUT2D eigenvalue weighted by Gasteiger charge is -2.04. The highest BCUT2D eigenvalue weighted by molar-refractivity contribution is 7.92. The quantitative estimate of drug-likeness (QED) is 0.795. The zero-order valence-electron chi connectivity index (χ0n) is 10.9. The molecule has 1 aliphatic rings. The van der Waals surface area contributed by atoms with E-state index in [9.17, 15) is 13.2 Å². The van der Waals surface area contributed by atoms with Crippen LogP contribution in [0.25, 0.3) is 0 Å². The van der Waals surface area contributed by atoms with E-state index in [2.05, 4.69) is 9.97 Å². The van der Waals surface area contributed by atoms with Crippen LogP contribution in [0, 0.1) is 0 Å². The summed E-state index contributed by atoms with van der Waals surface area (Å²) in [6.07, 6.45) is 1.70. The number of nitrogens with two attached hydrogens (primary N) is 1. The van der Waals surface area contributed by atoms with Gasteiger partial charge in [0.1, 0.15) is 4.88 Å². The second kappa shape index (κ2) is 5.89. The molecule has 0 radical (unpaired) electrons. The Kier molecular flexibility index (Phi) is 4.10. The molecule has 2 aromatic rings. The van der Waals surface area contributed by atoms with Crippen molar-refractivity contribution in [2.75, 3.05) is 18.9 Å². The number of anilines is 1. The van der Waals surface area contributed by atoms with E-state index < -0.39 is 22.2 Å². The minimum absolute atomic E-state index is 0.104. The summed E-state index contributed by atoms with van der Waals surface area (Å²) in [5.41, 5.74) is 5.41. The Labute approximate surface area is 133 Å². The Morgan fingerprint density at radius 3 is 2.64 bits per heavy atom. The van der Waals surface area contributed by atoms with Crippen molar-refractivity contribution in [3.8, 4) is 0 Å². The van der Waals surface area contributed by atoms with Crippen LogP contribution in [0.4, 0.5) is 5.13 Å². The SMILES string of the molecule is Nc1ncc(C(=O)NS(=O)(=O)c2cnc(C3OCCO3)s2)s1. The number of nitrogens with zero attached hydrogens (tertiary/aromatic N) is 2. The topological polar surface area (TPSA) is 133 Å². The number of nitrogen functional groups attached to an aromatic ring is 1. The second-order valence-corrected chi connectivity index (χ2v) is 8.12. The van der Waals surface area contributed by atoms with E-state index in [1.807, 2.05) is 4.72 Å². The molecule has 1 amide bonds. The molecule has 118 valence electrons. The van der Waals surface area contributed by atoms with Crippen molar-refractivity contribution in [3.63, 3.8) is 0 Å². The van der Waals surface area contributed by atoms with Crippen molar-refractivity contribution in [2.24, 2.45) is 0 Å². The normalized spacial score (nSPS) is 16.0. The van der Waals surface area contributed by atoms with Gasteiger partial charge in [0.15, 0.2) is 14.3 Å². The monoisotopic (exact) mass is 362 g/mol. The molecule has 0 saturated carbocycles. The summed E-state index contributed by atoms with van der Waals surface area (Å²) >= 11 is 1.77. The summed E-state index contributed by atoms with van der Waals surface area (Å²) in [7, 11) is -4.02. The lowest BCUT2D eigenvalue weighted by atomic mass is 10.5. The van der Waals surface area contributed by atoms with E-state index in [4.69, 9.17) is 15.2 Å². The van der Waals surface area contributed by atoms with Gasteiger partial charge in [-0.1, -0.05) is 11.3 Å². The fraction of sp³-hybridized carbons (Fsp3) is 0.300. The summed E-state index contributed by atoms with van der Waals surface area (Å²) in [5, 5.41) is 0.561. The molecule has 0 spiro atoms. The van der Waals surface area contributed by atoms with Gasteiger partial charge in [0, 0.05) is 0 Å². The predicted molar refractivity (Wildman–Crippen MR) is 77.9 cm³/mol. The Morgan fingerprint density at radius 2 is 2.00 bits per heavy atom. The van der Waals surface area contributed by atoms with Crippen LogP contribution in [0.15, 0.2) is 16.6 Å². The largest absolute Gasteiger partial charge is 0.375 e. The number of hydrogen-bond donors (Lipinski definition) is 2. The lowest BCUT2D eigenvalue weighted by Crippen LogP contribution is -2.29. The molecule has 9 nitrogen and oxygen atoms in total. The first-order valence-electron chi connectivity index (χ1n) is 5.93. The average Bonchev–Trinajstić information content (AvgIpc) is 3.19. The summed E-state index contributed by atoms with van der Waals surface area (Å²) in [6, 6.07) is 0. The van der Waals surface area contributed by atoms with E-state index in [1.54, 1.807) is 0 Å². The van der Waals surface area contributed by atoms with Crippen molar-refractivity contribution in [1.29, 1.82) is 0 Å². The number of hydrogen-bond acceptors (Lipinski definition) is 10. The minimum Gasteiger partial charge on any atom is -0.375 e. The van der Waals surface area contributed by atoms with Crippen LogP contribution in [0.5, 0.6) is 0 Å². The van der Waals surface area contributed by atoms with Gasteiger partial charge in [-0.15, -0.1) is 11.3 Å². The van der Waals surface area contributed by atoms with Gasteiger partial charge in [-0.3, -0.25) is 4.79 Å². The molecule has 3 N–H and O–H groups in total. The molecular weight excluding hydrogens is 352 g/mol. The van der Waals surface area contributed by atoms with E-state index >= 15 is 0 Å². The van der Waals surface area contributed by atoms with Crippen molar-refractivity contribution in [1.82, 2.24) is 14.7 Å². The fourth-order valence-corrected chi connectivity index (χ4v) is 4.38. The molecule has 0 bridgehead atoms. The maximum Gasteiger partial charge on any atom is 0.276 e. The molecule has 3 heterocycles. The average molecular weight is 362 g/mol. The molecule has 1 saturated heterocycles. The molecule has 1 aliphatic heterocycles. The number of nitrogens with one attached hydrogen (secondary N) is 1. The summed E-state index contributed by atoms with van der Waals surface area (Å²) < 4.78 is 36.6. The third kappa shape index (κ3) is 3.10. The molecule has 0 aliphatic carbocycles. The highest BCUT2D eigenvalue weighted by Crippen LogP contribution is 2.29. The van der Waals surface area contributed by atoms with Gasteiger partial charge in [-0.2, -0.15) is 0 Å². The first-order valence-corrected chi connectivity index (χ1v) is 9.05. The number of carbonyl (C=O) groups excluding carboxylic acids is 1. The van der Waals surface area contributed by atoms with Gasteiger partial charge in [0.05, 0.1) is 25.6 Å². The molecule has 0 unspecified atom stereocenters. The van der Waals surface area contributed by atoms with Crippen LogP contribution in [0.1, 0.15) is 21.0 Å². The number of rotatable bonds is 4. The third-order valence-corrected chi connectivity index (χ3v) is 6.20.